The molecule has 0 aliphatic rings. The molecule has 0 atom stereocenters. The number of aromatic amines is 1. The number of aromatic nitrogens is 2. The highest BCUT2D eigenvalue weighted by atomic mass is 32.2. The molecule has 3 rings (SSSR count). The predicted octanol–water partition coefficient (Wildman–Crippen LogP) is 1.06. The van der Waals surface area contributed by atoms with Crippen molar-refractivity contribution in [2.24, 2.45) is 0 Å². The fraction of sp³-hybridized carbons (Fsp3) is 0.250. The Morgan fingerprint density at radius 2 is 1.74 bits per heavy atom. The van der Waals surface area contributed by atoms with Crippen LogP contribution >= 0.6 is 0 Å². The number of phenols is 1. The normalized spacial score (nSPS) is 11.7. The molecule has 11 heteroatoms. The number of aromatic hydroxyl groups is 1. The van der Waals surface area contributed by atoms with Gasteiger partial charge in [0.2, 0.25) is 15.9 Å². The van der Waals surface area contributed by atoms with Crippen LogP contribution in [0.1, 0.15) is 13.8 Å². The van der Waals surface area contributed by atoms with Gasteiger partial charge in [-0.2, -0.15) is 4.31 Å². The Balaban J connectivity index is 1.90. The zero-order chi connectivity index (χ0) is 22.8. The lowest BCUT2D eigenvalue weighted by Crippen LogP contribution is -2.34. The van der Waals surface area contributed by atoms with E-state index in [1.54, 1.807) is 26.0 Å². The van der Waals surface area contributed by atoms with Gasteiger partial charge >= 0.3 is 0 Å². The largest absolute Gasteiger partial charge is 0.506 e. The van der Waals surface area contributed by atoms with Crippen molar-refractivity contribution in [3.63, 3.8) is 0 Å². The fourth-order valence-electron chi connectivity index (χ4n) is 3.18. The molecule has 31 heavy (non-hydrogen) atoms. The summed E-state index contributed by atoms with van der Waals surface area (Å²) in [5, 5.41) is 15.2. The SMILES string of the molecule is CCN(CC)S(=O)(=O)c1ccc(O)c(NC(=O)Cn2[nH]c(=O)c3ccccc3c2=O)c1. The molecule has 164 valence electrons. The lowest BCUT2D eigenvalue weighted by molar-refractivity contribution is -0.117. The number of phenolic OH excluding ortho intramolecular Hbond substituents is 1. The molecule has 3 aromatic rings. The van der Waals surface area contributed by atoms with E-state index in [0.29, 0.717) is 0 Å². The number of amides is 1. The molecule has 0 aliphatic carbocycles. The highest BCUT2D eigenvalue weighted by Crippen LogP contribution is 2.28. The van der Waals surface area contributed by atoms with Gasteiger partial charge in [0.05, 0.1) is 21.4 Å². The Morgan fingerprint density at radius 3 is 2.39 bits per heavy atom. The third kappa shape index (κ3) is 4.37. The lowest BCUT2D eigenvalue weighted by Gasteiger charge is -2.19. The first kappa shape index (κ1) is 22.2. The van der Waals surface area contributed by atoms with Crippen LogP contribution in [-0.2, 0) is 21.4 Å². The second kappa shape index (κ2) is 8.74. The molecule has 1 amide bonds. The molecule has 0 fully saturated rings. The van der Waals surface area contributed by atoms with Gasteiger partial charge in [0.1, 0.15) is 12.3 Å². The average Bonchev–Trinajstić information content (AvgIpc) is 2.74. The Morgan fingerprint density at radius 1 is 1.10 bits per heavy atom. The van der Waals surface area contributed by atoms with Gasteiger partial charge in [-0.1, -0.05) is 26.0 Å². The lowest BCUT2D eigenvalue weighted by atomic mass is 10.2. The molecule has 0 saturated heterocycles. The number of carbonyl (C=O) groups excluding carboxylic acids is 1. The van der Waals surface area contributed by atoms with E-state index in [2.05, 4.69) is 10.4 Å². The third-order valence-electron chi connectivity index (χ3n) is 4.77. The highest BCUT2D eigenvalue weighted by Gasteiger charge is 2.23. The quantitative estimate of drug-likeness (QED) is 0.464. The van der Waals surface area contributed by atoms with Gasteiger partial charge in [-0.25, -0.2) is 13.1 Å². The summed E-state index contributed by atoms with van der Waals surface area (Å²) >= 11 is 0. The van der Waals surface area contributed by atoms with Crippen LogP contribution in [0.2, 0.25) is 0 Å². The van der Waals surface area contributed by atoms with E-state index in [1.807, 2.05) is 0 Å². The molecule has 1 aromatic heterocycles. The average molecular weight is 446 g/mol. The number of nitrogens with one attached hydrogen (secondary N) is 2. The van der Waals surface area contributed by atoms with Crippen LogP contribution in [0.25, 0.3) is 10.8 Å². The van der Waals surface area contributed by atoms with Crippen molar-refractivity contribution >= 4 is 32.4 Å². The van der Waals surface area contributed by atoms with E-state index >= 15 is 0 Å². The maximum absolute atomic E-state index is 12.7. The van der Waals surface area contributed by atoms with Gasteiger partial charge in [-0.15, -0.1) is 0 Å². The van der Waals surface area contributed by atoms with Crippen molar-refractivity contribution in [1.29, 1.82) is 0 Å². The summed E-state index contributed by atoms with van der Waals surface area (Å²) in [6.07, 6.45) is 0. The first-order valence-corrected chi connectivity index (χ1v) is 11.0. The summed E-state index contributed by atoms with van der Waals surface area (Å²) < 4.78 is 27.5. The number of rotatable bonds is 7. The minimum Gasteiger partial charge on any atom is -0.506 e. The smallest absolute Gasteiger partial charge is 0.273 e. The van der Waals surface area contributed by atoms with E-state index in [1.165, 1.54) is 22.5 Å². The fourth-order valence-corrected chi connectivity index (χ4v) is 4.66. The zero-order valence-corrected chi connectivity index (χ0v) is 17.8. The number of nitrogens with zero attached hydrogens (tertiary/aromatic N) is 2. The van der Waals surface area contributed by atoms with Crippen molar-refractivity contribution in [3.8, 4) is 5.75 Å². The third-order valence-corrected chi connectivity index (χ3v) is 6.82. The van der Waals surface area contributed by atoms with Crippen LogP contribution in [0.15, 0.2) is 56.9 Å². The Labute approximate surface area is 177 Å². The van der Waals surface area contributed by atoms with Gasteiger partial charge in [0, 0.05) is 13.1 Å². The molecule has 0 unspecified atom stereocenters. The number of H-pyrrole nitrogens is 1. The van der Waals surface area contributed by atoms with Gasteiger partial charge in [-0.3, -0.25) is 19.5 Å². The minimum atomic E-state index is -3.80. The van der Waals surface area contributed by atoms with Gasteiger partial charge in [-0.05, 0) is 30.3 Å². The van der Waals surface area contributed by atoms with Crippen LogP contribution in [-0.4, -0.2) is 46.6 Å². The summed E-state index contributed by atoms with van der Waals surface area (Å²) in [5.41, 5.74) is -1.22. The molecular formula is C20H22N4O6S. The molecule has 2 aromatic carbocycles. The van der Waals surface area contributed by atoms with E-state index in [4.69, 9.17) is 0 Å². The Hall–Kier alpha value is -3.44. The number of fused-ring (bicyclic) bond motifs is 1. The number of anilines is 1. The topological polar surface area (TPSA) is 142 Å². The first-order valence-electron chi connectivity index (χ1n) is 9.54. The standard InChI is InChI=1S/C20H22N4O6S/c1-3-23(4-2)31(29,30)13-9-10-17(25)16(11-13)21-18(26)12-24-20(28)15-8-6-5-7-14(15)19(27)22-24/h5-11,25H,3-4,12H2,1-2H3,(H,21,26)(H,22,27). The van der Waals surface area contributed by atoms with Crippen molar-refractivity contribution in [2.45, 2.75) is 25.3 Å². The van der Waals surface area contributed by atoms with Crippen molar-refractivity contribution in [3.05, 3.63) is 63.2 Å². The first-order chi connectivity index (χ1) is 14.7. The number of benzene rings is 2. The predicted molar refractivity (Wildman–Crippen MR) is 116 cm³/mol. The Kier molecular flexibility index (Phi) is 6.27. The summed E-state index contributed by atoms with van der Waals surface area (Å²) in [5.74, 6) is -1.08. The molecule has 0 radical (unpaired) electrons. The van der Waals surface area contributed by atoms with E-state index in [9.17, 15) is 27.9 Å². The van der Waals surface area contributed by atoms with E-state index in [0.717, 1.165) is 16.8 Å². The van der Waals surface area contributed by atoms with Crippen LogP contribution in [0, 0.1) is 0 Å². The van der Waals surface area contributed by atoms with Crippen molar-refractivity contribution in [1.82, 2.24) is 14.1 Å². The summed E-state index contributed by atoms with van der Waals surface area (Å²) in [6.45, 7) is 3.39. The molecular weight excluding hydrogens is 424 g/mol. The zero-order valence-electron chi connectivity index (χ0n) is 17.0. The maximum Gasteiger partial charge on any atom is 0.273 e. The van der Waals surface area contributed by atoms with Crippen molar-refractivity contribution < 1.29 is 18.3 Å². The van der Waals surface area contributed by atoms with Gasteiger partial charge in [0.25, 0.3) is 11.1 Å². The molecule has 0 spiro atoms. The molecule has 10 nitrogen and oxygen atoms in total. The summed E-state index contributed by atoms with van der Waals surface area (Å²) in [7, 11) is -3.80. The van der Waals surface area contributed by atoms with Gasteiger partial charge < -0.3 is 10.4 Å². The number of hydrogen-bond acceptors (Lipinski definition) is 6. The van der Waals surface area contributed by atoms with E-state index < -0.39 is 33.6 Å². The van der Waals surface area contributed by atoms with Crippen molar-refractivity contribution in [2.75, 3.05) is 18.4 Å². The minimum absolute atomic E-state index is 0.0967. The number of carbonyl (C=O) groups is 1. The summed E-state index contributed by atoms with van der Waals surface area (Å²) in [6, 6.07) is 9.75. The van der Waals surface area contributed by atoms with Crippen LogP contribution in [0.5, 0.6) is 5.75 Å². The van der Waals surface area contributed by atoms with Gasteiger partial charge in [0.15, 0.2) is 0 Å². The molecule has 0 bridgehead atoms. The molecule has 0 saturated carbocycles. The summed E-state index contributed by atoms with van der Waals surface area (Å²) in [4.78, 5) is 37.1. The van der Waals surface area contributed by atoms with Crippen LogP contribution in [0.4, 0.5) is 5.69 Å². The second-order valence-electron chi connectivity index (χ2n) is 6.69. The monoisotopic (exact) mass is 446 g/mol. The molecule has 3 N–H and O–H groups in total. The number of sulfonamides is 1. The maximum atomic E-state index is 12.7. The van der Waals surface area contributed by atoms with E-state index in [-0.39, 0.29) is 40.2 Å². The van der Waals surface area contributed by atoms with Crippen LogP contribution < -0.4 is 16.4 Å². The van der Waals surface area contributed by atoms with Crippen LogP contribution in [0.3, 0.4) is 0 Å². The molecule has 1 heterocycles. The molecule has 0 aliphatic heterocycles. The highest BCUT2D eigenvalue weighted by molar-refractivity contribution is 7.89. The Bertz CT molecular complexity index is 1360. The second-order valence-corrected chi connectivity index (χ2v) is 8.63. The number of hydrogen-bond donors (Lipinski definition) is 3.